The molecule has 2 heteroatoms. The second kappa shape index (κ2) is 11.5. The van der Waals surface area contributed by atoms with Gasteiger partial charge in [0.2, 0.25) is 0 Å². The van der Waals surface area contributed by atoms with Gasteiger partial charge in [-0.25, -0.2) is 0 Å². The Morgan fingerprint density at radius 1 is 1.00 bits per heavy atom. The number of rotatable bonds is 12. The van der Waals surface area contributed by atoms with Crippen molar-refractivity contribution in [2.45, 2.75) is 83.6 Å². The molecule has 0 aliphatic rings. The van der Waals surface area contributed by atoms with Crippen LogP contribution >= 0.6 is 11.3 Å². The molecule has 1 rings (SSSR count). The van der Waals surface area contributed by atoms with E-state index in [-0.39, 0.29) is 0 Å². The molecule has 2 N–H and O–H groups in total. The van der Waals surface area contributed by atoms with Gasteiger partial charge in [-0.05, 0) is 37.1 Å². The van der Waals surface area contributed by atoms with E-state index in [0.29, 0.717) is 6.04 Å². The molecule has 1 atom stereocenters. The van der Waals surface area contributed by atoms with E-state index in [1.807, 2.05) is 11.3 Å². The van der Waals surface area contributed by atoms with Crippen molar-refractivity contribution in [2.75, 3.05) is 0 Å². The Morgan fingerprint density at radius 3 is 2.37 bits per heavy atom. The van der Waals surface area contributed by atoms with E-state index in [1.54, 1.807) is 0 Å². The number of aryl methyl sites for hydroxylation is 1. The maximum atomic E-state index is 6.18. The normalized spacial score (nSPS) is 12.7. The van der Waals surface area contributed by atoms with E-state index in [2.05, 4.69) is 24.4 Å². The van der Waals surface area contributed by atoms with Crippen molar-refractivity contribution < 1.29 is 0 Å². The van der Waals surface area contributed by atoms with Crippen molar-refractivity contribution >= 4 is 11.3 Å². The van der Waals surface area contributed by atoms with Crippen LogP contribution in [0.15, 0.2) is 17.5 Å². The highest BCUT2D eigenvalue weighted by molar-refractivity contribution is 7.09. The molecular formula is C17H31NS. The summed E-state index contributed by atoms with van der Waals surface area (Å²) >= 11 is 1.86. The fraction of sp³-hybridized carbons (Fsp3) is 0.765. The molecule has 110 valence electrons. The quantitative estimate of drug-likeness (QED) is 0.500. The lowest BCUT2D eigenvalue weighted by atomic mass is 10.0. The molecule has 1 heterocycles. The molecule has 0 amide bonds. The molecule has 1 nitrogen and oxygen atoms in total. The van der Waals surface area contributed by atoms with Crippen LogP contribution in [0.25, 0.3) is 0 Å². The van der Waals surface area contributed by atoms with E-state index in [0.717, 1.165) is 0 Å². The lowest BCUT2D eigenvalue weighted by Crippen LogP contribution is -2.19. The Bertz CT molecular complexity index is 281. The second-order valence-corrected chi connectivity index (χ2v) is 6.67. The maximum Gasteiger partial charge on any atom is 0.00452 e. The van der Waals surface area contributed by atoms with Gasteiger partial charge in [-0.1, -0.05) is 57.9 Å². The molecule has 0 aliphatic carbocycles. The average Bonchev–Trinajstić information content (AvgIpc) is 2.91. The summed E-state index contributed by atoms with van der Waals surface area (Å²) in [5, 5.41) is 2.16. The van der Waals surface area contributed by atoms with Crippen molar-refractivity contribution in [3.63, 3.8) is 0 Å². The van der Waals surface area contributed by atoms with Crippen LogP contribution in [0, 0.1) is 0 Å². The summed E-state index contributed by atoms with van der Waals surface area (Å²) in [4.78, 5) is 1.50. The van der Waals surface area contributed by atoms with Crippen LogP contribution in [0.1, 0.15) is 76.0 Å². The largest absolute Gasteiger partial charge is 0.328 e. The summed E-state index contributed by atoms with van der Waals surface area (Å²) in [6, 6.07) is 4.79. The van der Waals surface area contributed by atoms with Gasteiger partial charge < -0.3 is 5.73 Å². The van der Waals surface area contributed by atoms with Gasteiger partial charge in [0.25, 0.3) is 0 Å². The summed E-state index contributed by atoms with van der Waals surface area (Å²) in [5.74, 6) is 0. The van der Waals surface area contributed by atoms with Gasteiger partial charge in [-0.3, -0.25) is 0 Å². The topological polar surface area (TPSA) is 26.0 Å². The monoisotopic (exact) mass is 281 g/mol. The Kier molecular flexibility index (Phi) is 10.1. The molecule has 1 unspecified atom stereocenters. The first-order chi connectivity index (χ1) is 9.33. The molecule has 0 aromatic carbocycles. The standard InChI is InChI=1S/C17H31NS/c1-2-3-4-5-6-7-8-11-16(18)12-9-13-17-14-10-15-19-17/h10,14-16H,2-9,11-13,18H2,1H3. The predicted octanol–water partition coefficient (Wildman–Crippen LogP) is 5.54. The number of thiophene rings is 1. The minimum Gasteiger partial charge on any atom is -0.328 e. The summed E-state index contributed by atoms with van der Waals surface area (Å²) < 4.78 is 0. The zero-order chi connectivity index (χ0) is 13.8. The molecule has 1 aromatic rings. The maximum absolute atomic E-state index is 6.18. The van der Waals surface area contributed by atoms with E-state index < -0.39 is 0 Å². The summed E-state index contributed by atoms with van der Waals surface area (Å²) in [5.41, 5.74) is 6.18. The Balaban J connectivity index is 1.86. The third-order valence-corrected chi connectivity index (χ3v) is 4.69. The molecule has 0 fully saturated rings. The fourth-order valence-corrected chi connectivity index (χ4v) is 3.25. The highest BCUT2D eigenvalue weighted by atomic mass is 32.1. The van der Waals surface area contributed by atoms with E-state index in [1.165, 1.54) is 75.5 Å². The molecule has 0 radical (unpaired) electrons. The zero-order valence-electron chi connectivity index (χ0n) is 12.6. The summed E-state index contributed by atoms with van der Waals surface area (Å²) in [6.45, 7) is 2.27. The highest BCUT2D eigenvalue weighted by Gasteiger charge is 2.03. The molecule has 0 saturated carbocycles. The molecule has 19 heavy (non-hydrogen) atoms. The minimum atomic E-state index is 0.426. The van der Waals surface area contributed by atoms with Crippen molar-refractivity contribution in [2.24, 2.45) is 5.73 Å². The van der Waals surface area contributed by atoms with Crippen LogP contribution in [-0.4, -0.2) is 6.04 Å². The van der Waals surface area contributed by atoms with Gasteiger partial charge >= 0.3 is 0 Å². The zero-order valence-corrected chi connectivity index (χ0v) is 13.4. The van der Waals surface area contributed by atoms with Gasteiger partial charge in [0, 0.05) is 10.9 Å². The van der Waals surface area contributed by atoms with Crippen LogP contribution in [0.3, 0.4) is 0 Å². The first-order valence-corrected chi connectivity index (χ1v) is 8.99. The summed E-state index contributed by atoms with van der Waals surface area (Å²) in [6.07, 6.45) is 14.6. The first-order valence-electron chi connectivity index (χ1n) is 8.11. The molecule has 0 bridgehead atoms. The van der Waals surface area contributed by atoms with E-state index in [9.17, 15) is 0 Å². The lowest BCUT2D eigenvalue weighted by Gasteiger charge is -2.10. The van der Waals surface area contributed by atoms with Crippen LogP contribution < -0.4 is 5.73 Å². The number of unbranched alkanes of at least 4 members (excludes halogenated alkanes) is 6. The molecule has 0 spiro atoms. The van der Waals surface area contributed by atoms with Crippen LogP contribution in [-0.2, 0) is 6.42 Å². The van der Waals surface area contributed by atoms with E-state index >= 15 is 0 Å². The van der Waals surface area contributed by atoms with E-state index in [4.69, 9.17) is 5.73 Å². The van der Waals surface area contributed by atoms with Crippen LogP contribution in [0.4, 0.5) is 0 Å². The van der Waals surface area contributed by atoms with Gasteiger partial charge in [0.15, 0.2) is 0 Å². The number of hydrogen-bond donors (Lipinski definition) is 1. The first kappa shape index (κ1) is 16.7. The van der Waals surface area contributed by atoms with Gasteiger partial charge in [-0.15, -0.1) is 11.3 Å². The molecular weight excluding hydrogens is 250 g/mol. The van der Waals surface area contributed by atoms with Crippen LogP contribution in [0.2, 0.25) is 0 Å². The Morgan fingerprint density at radius 2 is 1.68 bits per heavy atom. The SMILES string of the molecule is CCCCCCCCCC(N)CCCc1cccs1. The van der Waals surface area contributed by atoms with Crippen molar-refractivity contribution in [1.82, 2.24) is 0 Å². The third-order valence-electron chi connectivity index (χ3n) is 3.76. The third kappa shape index (κ3) is 9.23. The Labute approximate surface area is 123 Å². The number of nitrogens with two attached hydrogens (primary N) is 1. The van der Waals surface area contributed by atoms with Gasteiger partial charge in [0.05, 0.1) is 0 Å². The Hall–Kier alpha value is -0.340. The molecule has 1 aromatic heterocycles. The smallest absolute Gasteiger partial charge is 0.00452 e. The highest BCUT2D eigenvalue weighted by Crippen LogP contribution is 2.14. The van der Waals surface area contributed by atoms with Gasteiger partial charge in [0.1, 0.15) is 0 Å². The predicted molar refractivity (Wildman–Crippen MR) is 87.8 cm³/mol. The van der Waals surface area contributed by atoms with Crippen molar-refractivity contribution in [1.29, 1.82) is 0 Å². The summed E-state index contributed by atoms with van der Waals surface area (Å²) in [7, 11) is 0. The molecule has 0 saturated heterocycles. The second-order valence-electron chi connectivity index (χ2n) is 5.64. The lowest BCUT2D eigenvalue weighted by molar-refractivity contribution is 0.499. The van der Waals surface area contributed by atoms with Crippen LogP contribution in [0.5, 0.6) is 0 Å². The van der Waals surface area contributed by atoms with Gasteiger partial charge in [-0.2, -0.15) is 0 Å². The number of hydrogen-bond acceptors (Lipinski definition) is 2. The fourth-order valence-electron chi connectivity index (χ4n) is 2.50. The van der Waals surface area contributed by atoms with Crippen molar-refractivity contribution in [3.05, 3.63) is 22.4 Å². The average molecular weight is 282 g/mol. The van der Waals surface area contributed by atoms with Crippen molar-refractivity contribution in [3.8, 4) is 0 Å². The molecule has 0 aliphatic heterocycles. The minimum absolute atomic E-state index is 0.426.